The summed E-state index contributed by atoms with van der Waals surface area (Å²) < 4.78 is 0. The normalized spacial score (nSPS) is 11.0. The van der Waals surface area contributed by atoms with E-state index < -0.39 is 5.41 Å². The van der Waals surface area contributed by atoms with Crippen molar-refractivity contribution in [1.82, 2.24) is 4.98 Å². The molecular weight excluding hydrogens is 264 g/mol. The smallest absolute Gasteiger partial charge is 0.229 e. The lowest BCUT2D eigenvalue weighted by atomic mass is 9.95. The van der Waals surface area contributed by atoms with E-state index in [1.54, 1.807) is 42.6 Å². The van der Waals surface area contributed by atoms with Crippen molar-refractivity contribution >= 4 is 17.4 Å². The van der Waals surface area contributed by atoms with E-state index in [2.05, 4.69) is 10.3 Å². The fourth-order valence-corrected chi connectivity index (χ4v) is 1.72. The average molecular weight is 282 g/mol. The summed E-state index contributed by atoms with van der Waals surface area (Å²) in [5, 5.41) is 2.78. The third-order valence-electron chi connectivity index (χ3n) is 2.99. The Labute approximate surface area is 124 Å². The van der Waals surface area contributed by atoms with Crippen LogP contribution in [0, 0.1) is 5.41 Å². The van der Waals surface area contributed by atoms with Crippen molar-refractivity contribution in [3.63, 3.8) is 0 Å². The zero-order valence-electron chi connectivity index (χ0n) is 12.4. The van der Waals surface area contributed by atoms with Crippen LogP contribution in [0.15, 0.2) is 48.7 Å². The van der Waals surface area contributed by atoms with Gasteiger partial charge in [0.25, 0.3) is 0 Å². The van der Waals surface area contributed by atoms with Gasteiger partial charge in [0.05, 0.1) is 5.69 Å². The number of anilines is 1. The summed E-state index contributed by atoms with van der Waals surface area (Å²) in [5.41, 5.74) is 0.693. The second-order valence-electron chi connectivity index (χ2n) is 5.80. The number of carbonyl (C=O) groups excluding carboxylic acids is 2. The fourth-order valence-electron chi connectivity index (χ4n) is 1.72. The van der Waals surface area contributed by atoms with Gasteiger partial charge in [-0.05, 0) is 12.1 Å². The van der Waals surface area contributed by atoms with Crippen molar-refractivity contribution in [1.29, 1.82) is 0 Å². The van der Waals surface area contributed by atoms with E-state index in [-0.39, 0.29) is 17.4 Å². The van der Waals surface area contributed by atoms with E-state index in [9.17, 15) is 9.59 Å². The first kappa shape index (κ1) is 14.9. The number of rotatable bonds is 3. The van der Waals surface area contributed by atoms with Crippen LogP contribution in [0.2, 0.25) is 0 Å². The molecule has 1 amide bonds. The van der Waals surface area contributed by atoms with Crippen LogP contribution in [0.3, 0.4) is 0 Å². The molecule has 1 N–H and O–H groups in total. The van der Waals surface area contributed by atoms with E-state index in [0.29, 0.717) is 11.3 Å². The summed E-state index contributed by atoms with van der Waals surface area (Å²) in [6.45, 7) is 5.45. The molecule has 0 saturated carbocycles. The zero-order chi connectivity index (χ0) is 15.5. The Morgan fingerprint density at radius 2 is 1.67 bits per heavy atom. The molecule has 2 rings (SSSR count). The van der Waals surface area contributed by atoms with Crippen molar-refractivity contribution in [2.75, 3.05) is 5.32 Å². The highest BCUT2D eigenvalue weighted by molar-refractivity contribution is 6.12. The molecule has 1 aromatic carbocycles. The van der Waals surface area contributed by atoms with Gasteiger partial charge in [-0.1, -0.05) is 51.1 Å². The van der Waals surface area contributed by atoms with Crippen LogP contribution in [0.4, 0.5) is 5.69 Å². The Morgan fingerprint density at radius 1 is 1.00 bits per heavy atom. The van der Waals surface area contributed by atoms with Crippen molar-refractivity contribution in [3.8, 4) is 0 Å². The van der Waals surface area contributed by atoms with Gasteiger partial charge in [-0.3, -0.25) is 14.6 Å². The summed E-state index contributed by atoms with van der Waals surface area (Å²) in [5.74, 6) is -0.363. The van der Waals surface area contributed by atoms with Gasteiger partial charge in [0, 0.05) is 17.2 Å². The first-order valence-electron chi connectivity index (χ1n) is 6.76. The Bertz CT molecular complexity index is 658. The molecule has 108 valence electrons. The Balaban J connectivity index is 2.34. The van der Waals surface area contributed by atoms with Gasteiger partial charge in [-0.25, -0.2) is 0 Å². The highest BCUT2D eigenvalue weighted by Crippen LogP contribution is 2.21. The molecule has 0 aliphatic heterocycles. The Morgan fingerprint density at radius 3 is 2.29 bits per heavy atom. The Hall–Kier alpha value is -2.49. The molecule has 1 heterocycles. The third kappa shape index (κ3) is 3.54. The molecule has 0 fully saturated rings. The minimum Gasteiger partial charge on any atom is -0.324 e. The highest BCUT2D eigenvalue weighted by Gasteiger charge is 2.23. The molecule has 4 heteroatoms. The molecule has 2 aromatic rings. The molecule has 0 saturated heterocycles. The van der Waals surface area contributed by atoms with Crippen LogP contribution in [0.1, 0.15) is 36.8 Å². The van der Waals surface area contributed by atoms with Gasteiger partial charge < -0.3 is 5.32 Å². The maximum atomic E-state index is 12.5. The largest absolute Gasteiger partial charge is 0.324 e. The number of hydrogen-bond donors (Lipinski definition) is 1. The van der Waals surface area contributed by atoms with Crippen LogP contribution in [0.25, 0.3) is 0 Å². The fraction of sp³-hybridized carbons (Fsp3) is 0.235. The van der Waals surface area contributed by atoms with Gasteiger partial charge in [0.1, 0.15) is 5.69 Å². The molecule has 0 atom stereocenters. The van der Waals surface area contributed by atoms with Crippen LogP contribution in [-0.4, -0.2) is 16.7 Å². The predicted octanol–water partition coefficient (Wildman–Crippen LogP) is 3.30. The van der Waals surface area contributed by atoms with Crippen LogP contribution < -0.4 is 5.32 Å². The molecule has 0 spiro atoms. The van der Waals surface area contributed by atoms with Gasteiger partial charge in [-0.2, -0.15) is 0 Å². The van der Waals surface area contributed by atoms with Crippen molar-refractivity contribution in [2.24, 2.45) is 5.41 Å². The summed E-state index contributed by atoms with van der Waals surface area (Å²) in [6.07, 6.45) is 1.54. The number of ketones is 1. The summed E-state index contributed by atoms with van der Waals surface area (Å²) >= 11 is 0. The van der Waals surface area contributed by atoms with E-state index in [0.717, 1.165) is 0 Å². The number of nitrogens with zero attached hydrogens (tertiary/aromatic N) is 1. The van der Waals surface area contributed by atoms with Crippen LogP contribution >= 0.6 is 0 Å². The molecular formula is C17H18N2O2. The van der Waals surface area contributed by atoms with Crippen molar-refractivity contribution in [3.05, 3.63) is 59.9 Å². The lowest BCUT2D eigenvalue weighted by Crippen LogP contribution is -2.28. The zero-order valence-corrected chi connectivity index (χ0v) is 12.4. The van der Waals surface area contributed by atoms with Gasteiger partial charge in [0.15, 0.2) is 0 Å². The third-order valence-corrected chi connectivity index (χ3v) is 2.99. The minimum absolute atomic E-state index is 0.155. The van der Waals surface area contributed by atoms with Crippen LogP contribution in [-0.2, 0) is 4.79 Å². The van der Waals surface area contributed by atoms with Crippen LogP contribution in [0.5, 0.6) is 0 Å². The summed E-state index contributed by atoms with van der Waals surface area (Å²) in [6, 6.07) is 12.3. The SMILES string of the molecule is CC(C)(C)C(=O)Nc1cccnc1C(=O)c1ccccc1. The molecule has 0 bridgehead atoms. The van der Waals surface area contributed by atoms with Gasteiger partial charge in [-0.15, -0.1) is 0 Å². The van der Waals surface area contributed by atoms with E-state index in [1.807, 2.05) is 26.8 Å². The molecule has 1 aromatic heterocycles. The van der Waals surface area contributed by atoms with E-state index in [4.69, 9.17) is 0 Å². The standard InChI is InChI=1S/C17H18N2O2/c1-17(2,3)16(21)19-13-10-7-11-18-14(13)15(20)12-8-5-4-6-9-12/h4-11H,1-3H3,(H,19,21). The monoisotopic (exact) mass is 282 g/mol. The summed E-state index contributed by atoms with van der Waals surface area (Å²) in [7, 11) is 0. The second kappa shape index (κ2) is 5.87. The lowest BCUT2D eigenvalue weighted by molar-refractivity contribution is -0.123. The number of hydrogen-bond acceptors (Lipinski definition) is 3. The minimum atomic E-state index is -0.539. The quantitative estimate of drug-likeness (QED) is 0.879. The number of amides is 1. The van der Waals surface area contributed by atoms with Crippen molar-refractivity contribution < 1.29 is 9.59 Å². The number of pyridine rings is 1. The molecule has 0 aliphatic carbocycles. The van der Waals surface area contributed by atoms with E-state index >= 15 is 0 Å². The second-order valence-corrected chi connectivity index (χ2v) is 5.80. The molecule has 0 aliphatic rings. The number of carbonyl (C=O) groups is 2. The maximum absolute atomic E-state index is 12.5. The number of benzene rings is 1. The van der Waals surface area contributed by atoms with Gasteiger partial charge in [0.2, 0.25) is 11.7 Å². The predicted molar refractivity (Wildman–Crippen MR) is 82.2 cm³/mol. The van der Waals surface area contributed by atoms with E-state index in [1.165, 1.54) is 0 Å². The summed E-state index contributed by atoms with van der Waals surface area (Å²) in [4.78, 5) is 28.7. The Kier molecular flexibility index (Phi) is 4.17. The molecule has 0 radical (unpaired) electrons. The average Bonchev–Trinajstić information content (AvgIpc) is 2.47. The number of aromatic nitrogens is 1. The topological polar surface area (TPSA) is 59.1 Å². The lowest BCUT2D eigenvalue weighted by Gasteiger charge is -2.18. The van der Waals surface area contributed by atoms with Crippen molar-refractivity contribution in [2.45, 2.75) is 20.8 Å². The first-order chi connectivity index (χ1) is 9.89. The number of nitrogens with one attached hydrogen (secondary N) is 1. The molecule has 0 unspecified atom stereocenters. The van der Waals surface area contributed by atoms with Gasteiger partial charge >= 0.3 is 0 Å². The highest BCUT2D eigenvalue weighted by atomic mass is 16.2. The molecule has 4 nitrogen and oxygen atoms in total. The first-order valence-corrected chi connectivity index (χ1v) is 6.76. The molecule has 21 heavy (non-hydrogen) atoms. The maximum Gasteiger partial charge on any atom is 0.229 e.